The lowest BCUT2D eigenvalue weighted by atomic mass is 9.84. The largest absolute Gasteiger partial charge is 0.349 e. The van der Waals surface area contributed by atoms with Crippen LogP contribution in [0.2, 0.25) is 0 Å². The van der Waals surface area contributed by atoms with Crippen LogP contribution in [0, 0.1) is 5.82 Å². The first-order chi connectivity index (χ1) is 9.20. The highest BCUT2D eigenvalue weighted by atomic mass is 19.1. The lowest BCUT2D eigenvalue weighted by Gasteiger charge is -2.40. The van der Waals surface area contributed by atoms with E-state index in [0.29, 0.717) is 17.6 Å². The minimum Gasteiger partial charge on any atom is -0.349 e. The second-order valence-corrected chi connectivity index (χ2v) is 5.64. The van der Waals surface area contributed by atoms with E-state index in [1.165, 1.54) is 43.5 Å². The molecule has 2 aliphatic rings. The van der Waals surface area contributed by atoms with Gasteiger partial charge in [-0.3, -0.25) is 4.79 Å². The van der Waals surface area contributed by atoms with E-state index in [1.807, 2.05) is 0 Å². The highest BCUT2D eigenvalue weighted by Crippen LogP contribution is 2.25. The number of nitrogens with one attached hydrogen (secondary N) is 2. The zero-order chi connectivity index (χ0) is 13.2. The van der Waals surface area contributed by atoms with Crippen LogP contribution in [-0.4, -0.2) is 24.0 Å². The van der Waals surface area contributed by atoms with Gasteiger partial charge in [0.1, 0.15) is 5.82 Å². The monoisotopic (exact) mass is 262 g/mol. The molecule has 0 unspecified atom stereocenters. The predicted molar refractivity (Wildman–Crippen MR) is 71.5 cm³/mol. The summed E-state index contributed by atoms with van der Waals surface area (Å²) >= 11 is 0. The number of hydrogen-bond acceptors (Lipinski definition) is 2. The molecule has 2 bridgehead atoms. The van der Waals surface area contributed by atoms with E-state index in [1.54, 1.807) is 0 Å². The average Bonchev–Trinajstić information content (AvgIpc) is 2.39. The summed E-state index contributed by atoms with van der Waals surface area (Å²) in [4.78, 5) is 12.1. The van der Waals surface area contributed by atoms with Crippen molar-refractivity contribution in [3.05, 3.63) is 35.6 Å². The van der Waals surface area contributed by atoms with Crippen molar-refractivity contribution in [3.8, 4) is 0 Å². The number of carbonyl (C=O) groups is 1. The minimum absolute atomic E-state index is 0.0926. The van der Waals surface area contributed by atoms with E-state index >= 15 is 0 Å². The number of carbonyl (C=O) groups excluding carboxylic acids is 1. The fourth-order valence-corrected chi connectivity index (χ4v) is 3.25. The molecule has 0 aliphatic carbocycles. The molecule has 1 aromatic carbocycles. The minimum atomic E-state index is -0.312. The fourth-order valence-electron chi connectivity index (χ4n) is 3.25. The molecule has 2 aliphatic heterocycles. The molecule has 2 N–H and O–H groups in total. The molecular formula is C15H19FN2O. The molecule has 4 heteroatoms. The first kappa shape index (κ1) is 12.6. The van der Waals surface area contributed by atoms with Crippen molar-refractivity contribution in [2.24, 2.45) is 0 Å². The summed E-state index contributed by atoms with van der Waals surface area (Å²) in [6.07, 6.45) is 5.71. The number of amides is 1. The number of benzene rings is 1. The third-order valence-electron chi connectivity index (χ3n) is 4.16. The summed E-state index contributed by atoms with van der Waals surface area (Å²) < 4.78 is 12.8. The van der Waals surface area contributed by atoms with E-state index in [9.17, 15) is 9.18 Å². The normalized spacial score (nSPS) is 29.8. The standard InChI is InChI=1S/C15H19FN2O/c16-11-6-4-10(5-7-11)15(19)18-14-8-12-2-1-3-13(9-14)17-12/h4-7,12-14,17H,1-3,8-9H2,(H,18,19)/t12-,13-/m1/s1. The predicted octanol–water partition coefficient (Wildman–Crippen LogP) is 2.23. The number of rotatable bonds is 2. The van der Waals surface area contributed by atoms with E-state index in [0.717, 1.165) is 12.8 Å². The van der Waals surface area contributed by atoms with Crippen LogP contribution in [0.15, 0.2) is 24.3 Å². The van der Waals surface area contributed by atoms with Crippen molar-refractivity contribution >= 4 is 5.91 Å². The van der Waals surface area contributed by atoms with Crippen molar-refractivity contribution < 1.29 is 9.18 Å². The van der Waals surface area contributed by atoms with Crippen molar-refractivity contribution in [2.75, 3.05) is 0 Å². The maximum atomic E-state index is 12.8. The molecule has 2 saturated heterocycles. The number of halogens is 1. The fraction of sp³-hybridized carbons (Fsp3) is 0.533. The first-order valence-corrected chi connectivity index (χ1v) is 7.03. The molecule has 2 atom stereocenters. The highest BCUT2D eigenvalue weighted by Gasteiger charge is 2.31. The highest BCUT2D eigenvalue weighted by molar-refractivity contribution is 5.94. The molecule has 19 heavy (non-hydrogen) atoms. The quantitative estimate of drug-likeness (QED) is 0.858. The number of piperidine rings is 2. The topological polar surface area (TPSA) is 41.1 Å². The van der Waals surface area contributed by atoms with Crippen LogP contribution >= 0.6 is 0 Å². The van der Waals surface area contributed by atoms with Crippen LogP contribution in [-0.2, 0) is 0 Å². The molecule has 2 heterocycles. The maximum Gasteiger partial charge on any atom is 0.251 e. The van der Waals surface area contributed by atoms with Crippen LogP contribution < -0.4 is 10.6 Å². The third-order valence-corrected chi connectivity index (χ3v) is 4.16. The van der Waals surface area contributed by atoms with Gasteiger partial charge in [0.15, 0.2) is 0 Å². The molecule has 3 nitrogen and oxygen atoms in total. The number of hydrogen-bond donors (Lipinski definition) is 2. The van der Waals surface area contributed by atoms with Gasteiger partial charge in [-0.25, -0.2) is 4.39 Å². The molecule has 0 aromatic heterocycles. The van der Waals surface area contributed by atoms with E-state index in [-0.39, 0.29) is 17.8 Å². The van der Waals surface area contributed by atoms with Gasteiger partial charge in [-0.2, -0.15) is 0 Å². The number of fused-ring (bicyclic) bond motifs is 2. The van der Waals surface area contributed by atoms with Crippen LogP contribution in [0.25, 0.3) is 0 Å². The summed E-state index contributed by atoms with van der Waals surface area (Å²) in [5, 5.41) is 6.68. The van der Waals surface area contributed by atoms with Gasteiger partial charge in [0, 0.05) is 23.7 Å². The van der Waals surface area contributed by atoms with E-state index < -0.39 is 0 Å². The first-order valence-electron chi connectivity index (χ1n) is 7.03. The van der Waals surface area contributed by atoms with E-state index in [2.05, 4.69) is 10.6 Å². The summed E-state index contributed by atoms with van der Waals surface area (Å²) in [6.45, 7) is 0. The zero-order valence-electron chi connectivity index (χ0n) is 10.9. The van der Waals surface area contributed by atoms with Gasteiger partial charge in [0.2, 0.25) is 0 Å². The van der Waals surface area contributed by atoms with Crippen LogP contribution in [0.3, 0.4) is 0 Å². The summed E-state index contributed by atoms with van der Waals surface area (Å²) in [5.74, 6) is -0.405. The lowest BCUT2D eigenvalue weighted by Crippen LogP contribution is -2.54. The molecular weight excluding hydrogens is 243 g/mol. The van der Waals surface area contributed by atoms with Gasteiger partial charge >= 0.3 is 0 Å². The second kappa shape index (κ2) is 5.29. The van der Waals surface area contributed by atoms with Crippen molar-refractivity contribution in [1.29, 1.82) is 0 Å². The van der Waals surface area contributed by atoms with Crippen molar-refractivity contribution in [1.82, 2.24) is 10.6 Å². The molecule has 102 valence electrons. The van der Waals surface area contributed by atoms with Gasteiger partial charge in [-0.1, -0.05) is 6.42 Å². The van der Waals surface area contributed by atoms with Crippen LogP contribution in [0.5, 0.6) is 0 Å². The van der Waals surface area contributed by atoms with Crippen LogP contribution in [0.4, 0.5) is 4.39 Å². The third kappa shape index (κ3) is 2.95. The van der Waals surface area contributed by atoms with Crippen LogP contribution in [0.1, 0.15) is 42.5 Å². The van der Waals surface area contributed by atoms with Crippen molar-refractivity contribution in [3.63, 3.8) is 0 Å². The zero-order valence-corrected chi connectivity index (χ0v) is 10.9. The Balaban J connectivity index is 1.61. The molecule has 0 radical (unpaired) electrons. The molecule has 0 saturated carbocycles. The Morgan fingerprint density at radius 3 is 2.42 bits per heavy atom. The molecule has 3 rings (SSSR count). The Bertz CT molecular complexity index is 448. The van der Waals surface area contributed by atoms with E-state index in [4.69, 9.17) is 0 Å². The molecule has 2 fully saturated rings. The summed E-state index contributed by atoms with van der Waals surface area (Å²) in [7, 11) is 0. The Labute approximate surface area is 112 Å². The van der Waals surface area contributed by atoms with Crippen molar-refractivity contribution in [2.45, 2.75) is 50.2 Å². The maximum absolute atomic E-state index is 12.8. The Morgan fingerprint density at radius 2 is 1.79 bits per heavy atom. The summed E-state index contributed by atoms with van der Waals surface area (Å²) in [6, 6.07) is 7.06. The Hall–Kier alpha value is -1.42. The SMILES string of the molecule is O=C(NC1C[C@H]2CCC[C@H](C1)N2)c1ccc(F)cc1. The van der Waals surface area contributed by atoms with Gasteiger partial charge in [-0.05, 0) is 49.9 Å². The smallest absolute Gasteiger partial charge is 0.251 e. The molecule has 1 amide bonds. The summed E-state index contributed by atoms with van der Waals surface area (Å²) in [5.41, 5.74) is 0.532. The molecule has 1 aromatic rings. The van der Waals surface area contributed by atoms with Gasteiger partial charge in [0.25, 0.3) is 5.91 Å². The Kier molecular flexibility index (Phi) is 3.51. The van der Waals surface area contributed by atoms with Gasteiger partial charge < -0.3 is 10.6 Å². The molecule has 0 spiro atoms. The second-order valence-electron chi connectivity index (χ2n) is 5.64. The van der Waals surface area contributed by atoms with Gasteiger partial charge in [0.05, 0.1) is 0 Å². The van der Waals surface area contributed by atoms with Gasteiger partial charge in [-0.15, -0.1) is 0 Å². The Morgan fingerprint density at radius 1 is 1.16 bits per heavy atom. The lowest BCUT2D eigenvalue weighted by molar-refractivity contribution is 0.0907. The average molecular weight is 262 g/mol.